The van der Waals surface area contributed by atoms with Crippen molar-refractivity contribution in [3.63, 3.8) is 0 Å². The topological polar surface area (TPSA) is 109 Å². The molecule has 25 heavy (non-hydrogen) atoms. The van der Waals surface area contributed by atoms with Gasteiger partial charge in [-0.1, -0.05) is 6.92 Å². The Balaban J connectivity index is 0. The SMILES string of the molecule is CCS(=O)(=O)CCNC(=NC)NCC(C)(C)NC(=O)OC(C)(C)C.I. The Bertz CT molecular complexity index is 542. The molecule has 0 unspecified atom stereocenters. The van der Waals surface area contributed by atoms with Gasteiger partial charge in [-0.3, -0.25) is 4.99 Å². The summed E-state index contributed by atoms with van der Waals surface area (Å²) in [4.78, 5) is 15.9. The molecule has 8 nitrogen and oxygen atoms in total. The smallest absolute Gasteiger partial charge is 0.408 e. The van der Waals surface area contributed by atoms with Crippen molar-refractivity contribution >= 4 is 45.9 Å². The second-order valence-electron chi connectivity index (χ2n) is 7.10. The van der Waals surface area contributed by atoms with Crippen molar-refractivity contribution in [2.75, 3.05) is 31.6 Å². The number of nitrogens with zero attached hydrogens (tertiary/aromatic N) is 1. The zero-order valence-electron chi connectivity index (χ0n) is 16.2. The van der Waals surface area contributed by atoms with Crippen LogP contribution in [0.1, 0.15) is 41.5 Å². The Kier molecular flexibility index (Phi) is 11.7. The van der Waals surface area contributed by atoms with Gasteiger partial charge in [0.1, 0.15) is 5.60 Å². The molecule has 0 heterocycles. The Hall–Kier alpha value is -0.780. The predicted octanol–water partition coefficient (Wildman–Crippen LogP) is 1.51. The Labute approximate surface area is 168 Å². The lowest BCUT2D eigenvalue weighted by Crippen LogP contribution is -2.54. The zero-order valence-corrected chi connectivity index (χ0v) is 19.4. The van der Waals surface area contributed by atoms with E-state index < -0.39 is 27.1 Å². The summed E-state index contributed by atoms with van der Waals surface area (Å²) in [5.74, 6) is 0.637. The summed E-state index contributed by atoms with van der Waals surface area (Å²) < 4.78 is 28.2. The molecule has 0 atom stereocenters. The fourth-order valence-corrected chi connectivity index (χ4v) is 2.32. The van der Waals surface area contributed by atoms with E-state index >= 15 is 0 Å². The maximum atomic E-state index is 11.8. The monoisotopic (exact) mass is 492 g/mol. The molecule has 0 spiro atoms. The summed E-state index contributed by atoms with van der Waals surface area (Å²) in [6.45, 7) is 11.4. The van der Waals surface area contributed by atoms with Crippen molar-refractivity contribution in [2.45, 2.75) is 52.7 Å². The van der Waals surface area contributed by atoms with Gasteiger partial charge < -0.3 is 20.7 Å². The number of hydrogen-bond acceptors (Lipinski definition) is 5. The Morgan fingerprint density at radius 2 is 1.68 bits per heavy atom. The highest BCUT2D eigenvalue weighted by molar-refractivity contribution is 14.0. The second-order valence-corrected chi connectivity index (χ2v) is 9.57. The van der Waals surface area contributed by atoms with Crippen LogP contribution < -0.4 is 16.0 Å². The van der Waals surface area contributed by atoms with Crippen LogP contribution in [-0.4, -0.2) is 63.3 Å². The van der Waals surface area contributed by atoms with E-state index in [1.54, 1.807) is 34.7 Å². The molecule has 3 N–H and O–H groups in total. The molecule has 0 aromatic carbocycles. The number of alkyl carbamates (subject to hydrolysis) is 1. The number of sulfone groups is 1. The number of rotatable bonds is 7. The van der Waals surface area contributed by atoms with Gasteiger partial charge in [-0.2, -0.15) is 0 Å². The van der Waals surface area contributed by atoms with Crippen molar-refractivity contribution in [3.8, 4) is 0 Å². The minimum absolute atomic E-state index is 0. The molecule has 0 saturated carbocycles. The van der Waals surface area contributed by atoms with Gasteiger partial charge in [0.15, 0.2) is 15.8 Å². The predicted molar refractivity (Wildman–Crippen MR) is 113 cm³/mol. The van der Waals surface area contributed by atoms with E-state index in [1.165, 1.54) is 0 Å². The van der Waals surface area contributed by atoms with Crippen LogP contribution in [-0.2, 0) is 14.6 Å². The van der Waals surface area contributed by atoms with E-state index in [9.17, 15) is 13.2 Å². The van der Waals surface area contributed by atoms with Gasteiger partial charge in [0.2, 0.25) is 0 Å². The molecule has 0 aliphatic heterocycles. The third kappa shape index (κ3) is 14.1. The third-order valence-electron chi connectivity index (χ3n) is 2.91. The first-order valence-electron chi connectivity index (χ1n) is 7.96. The van der Waals surface area contributed by atoms with Crippen LogP contribution in [0.4, 0.5) is 4.79 Å². The molecule has 0 fully saturated rings. The summed E-state index contributed by atoms with van der Waals surface area (Å²) in [6.07, 6.45) is -0.494. The van der Waals surface area contributed by atoms with Crippen molar-refractivity contribution in [1.29, 1.82) is 0 Å². The van der Waals surface area contributed by atoms with Crippen molar-refractivity contribution in [1.82, 2.24) is 16.0 Å². The molecule has 0 radical (unpaired) electrons. The van der Waals surface area contributed by atoms with E-state index in [0.29, 0.717) is 12.5 Å². The number of hydrogen-bond donors (Lipinski definition) is 3. The summed E-state index contributed by atoms with van der Waals surface area (Å²) in [7, 11) is -1.42. The average molecular weight is 492 g/mol. The largest absolute Gasteiger partial charge is 0.444 e. The minimum atomic E-state index is -3.02. The lowest BCUT2D eigenvalue weighted by Gasteiger charge is -2.29. The first kappa shape index (κ1) is 26.4. The molecule has 0 saturated heterocycles. The molecule has 0 aromatic heterocycles. The lowest BCUT2D eigenvalue weighted by atomic mass is 10.1. The van der Waals surface area contributed by atoms with Crippen LogP contribution in [0.15, 0.2) is 4.99 Å². The highest BCUT2D eigenvalue weighted by Gasteiger charge is 2.24. The van der Waals surface area contributed by atoms with Gasteiger partial charge >= 0.3 is 6.09 Å². The number of guanidine groups is 1. The molecular weight excluding hydrogens is 459 g/mol. The standard InChI is InChI=1S/C15H32N4O4S.HI/c1-8-24(21,22)10-9-17-12(16-7)18-11-15(5,6)19-13(20)23-14(2,3)4;/h8-11H2,1-7H3,(H,19,20)(H2,16,17,18);1H. The highest BCUT2D eigenvalue weighted by Crippen LogP contribution is 2.09. The number of carbonyl (C=O) groups excluding carboxylic acids is 1. The molecule has 10 heteroatoms. The molecule has 0 aromatic rings. The van der Waals surface area contributed by atoms with Crippen molar-refractivity contribution in [3.05, 3.63) is 0 Å². The summed E-state index contributed by atoms with van der Waals surface area (Å²) in [6, 6.07) is 0. The van der Waals surface area contributed by atoms with Crippen molar-refractivity contribution < 1.29 is 17.9 Å². The normalized spacial score (nSPS) is 12.8. The first-order chi connectivity index (χ1) is 10.8. The van der Waals surface area contributed by atoms with E-state index in [-0.39, 0.29) is 42.0 Å². The third-order valence-corrected chi connectivity index (χ3v) is 4.61. The van der Waals surface area contributed by atoms with Gasteiger partial charge in [-0.25, -0.2) is 13.2 Å². The minimum Gasteiger partial charge on any atom is -0.444 e. The lowest BCUT2D eigenvalue weighted by molar-refractivity contribution is 0.0474. The fraction of sp³-hybridized carbons (Fsp3) is 0.867. The Morgan fingerprint density at radius 3 is 2.12 bits per heavy atom. The highest BCUT2D eigenvalue weighted by atomic mass is 127. The van der Waals surface area contributed by atoms with Crippen LogP contribution in [0.25, 0.3) is 0 Å². The molecule has 0 rings (SSSR count). The van der Waals surface area contributed by atoms with Gasteiger partial charge in [0.05, 0.1) is 11.3 Å². The zero-order chi connectivity index (χ0) is 19.0. The number of aliphatic imine (C=N–C) groups is 1. The molecule has 0 aliphatic rings. The summed E-state index contributed by atoms with van der Waals surface area (Å²) in [5.41, 5.74) is -1.13. The number of halogens is 1. The first-order valence-corrected chi connectivity index (χ1v) is 9.78. The molecule has 0 bridgehead atoms. The quantitative estimate of drug-likeness (QED) is 0.283. The van der Waals surface area contributed by atoms with E-state index in [0.717, 1.165) is 0 Å². The number of amides is 1. The summed E-state index contributed by atoms with van der Waals surface area (Å²) in [5, 5.41) is 8.78. The number of ether oxygens (including phenoxy) is 1. The van der Waals surface area contributed by atoms with Crippen LogP contribution in [0.5, 0.6) is 0 Å². The second kappa shape index (κ2) is 11.0. The Morgan fingerprint density at radius 1 is 1.12 bits per heavy atom. The van der Waals surface area contributed by atoms with E-state index in [2.05, 4.69) is 20.9 Å². The molecular formula is C15H33IN4O4S. The molecule has 0 aliphatic carbocycles. The van der Waals surface area contributed by atoms with Crippen LogP contribution >= 0.6 is 24.0 Å². The maximum absolute atomic E-state index is 11.8. The molecule has 150 valence electrons. The maximum Gasteiger partial charge on any atom is 0.408 e. The van der Waals surface area contributed by atoms with Crippen molar-refractivity contribution in [2.24, 2.45) is 4.99 Å². The van der Waals surface area contributed by atoms with Crippen LogP contribution in [0.2, 0.25) is 0 Å². The van der Waals surface area contributed by atoms with Gasteiger partial charge in [-0.15, -0.1) is 24.0 Å². The van der Waals surface area contributed by atoms with Gasteiger partial charge in [-0.05, 0) is 34.6 Å². The number of carbonyl (C=O) groups is 1. The average Bonchev–Trinajstić information content (AvgIpc) is 2.39. The van der Waals surface area contributed by atoms with Crippen LogP contribution in [0.3, 0.4) is 0 Å². The van der Waals surface area contributed by atoms with Crippen LogP contribution in [0, 0.1) is 0 Å². The molecule has 1 amide bonds. The number of nitrogens with one attached hydrogen (secondary N) is 3. The van der Waals surface area contributed by atoms with E-state index in [4.69, 9.17) is 4.74 Å². The summed E-state index contributed by atoms with van der Waals surface area (Å²) >= 11 is 0. The van der Waals surface area contributed by atoms with Gasteiger partial charge in [0, 0.05) is 25.9 Å². The van der Waals surface area contributed by atoms with Gasteiger partial charge in [0.25, 0.3) is 0 Å². The fourth-order valence-electron chi connectivity index (χ4n) is 1.62. The van der Waals surface area contributed by atoms with E-state index in [1.807, 2.05) is 13.8 Å².